The molecule has 42 heavy (non-hydrogen) atoms. The van der Waals surface area contributed by atoms with Crippen LogP contribution in [0.3, 0.4) is 0 Å². The van der Waals surface area contributed by atoms with Crippen molar-refractivity contribution in [2.45, 2.75) is 6.10 Å². The molecule has 1 heterocycles. The number of fused-ring (bicyclic) bond motifs is 1. The van der Waals surface area contributed by atoms with Gasteiger partial charge in [0, 0.05) is 17.9 Å². The van der Waals surface area contributed by atoms with E-state index in [1.807, 2.05) is 72.8 Å². The Morgan fingerprint density at radius 3 is 1.98 bits per heavy atom. The summed E-state index contributed by atoms with van der Waals surface area (Å²) in [6.07, 6.45) is -0.365. The standard InChI is InChI=1S/C36H33N3O3/c1-40-29-23-21-26(22-24-29)35-30(25-37-31-17-9-11-19-33(31)41-2)36(38-32-18-10-12-20-34(32)42-35)39(27-13-5-3-6-14-27)28-15-7-4-8-16-28/h3-24,30,35,37H,25H2,1-2H3. The van der Waals surface area contributed by atoms with Crippen LogP contribution < -0.4 is 24.4 Å². The Hall–Kier alpha value is -5.23. The quantitative estimate of drug-likeness (QED) is 0.208. The molecule has 6 rings (SSSR count). The first-order chi connectivity index (χ1) is 20.7. The zero-order chi connectivity index (χ0) is 28.7. The zero-order valence-corrected chi connectivity index (χ0v) is 23.7. The number of benzene rings is 5. The van der Waals surface area contributed by atoms with Crippen LogP contribution in [0.5, 0.6) is 17.2 Å². The van der Waals surface area contributed by atoms with Gasteiger partial charge in [0.2, 0.25) is 0 Å². The summed E-state index contributed by atoms with van der Waals surface area (Å²) in [5, 5.41) is 3.66. The van der Waals surface area contributed by atoms with Gasteiger partial charge in [-0.05, 0) is 66.2 Å². The monoisotopic (exact) mass is 555 g/mol. The normalized spacial score (nSPS) is 15.8. The van der Waals surface area contributed by atoms with Crippen LogP contribution in [0.1, 0.15) is 11.7 Å². The Labute approximate surface area is 246 Å². The maximum absolute atomic E-state index is 6.87. The number of amidine groups is 1. The van der Waals surface area contributed by atoms with Gasteiger partial charge in [-0.2, -0.15) is 0 Å². The van der Waals surface area contributed by atoms with E-state index in [-0.39, 0.29) is 12.0 Å². The highest BCUT2D eigenvalue weighted by molar-refractivity contribution is 6.07. The van der Waals surface area contributed by atoms with E-state index in [4.69, 9.17) is 19.2 Å². The van der Waals surface area contributed by atoms with Gasteiger partial charge in [0.1, 0.15) is 34.9 Å². The molecule has 0 fully saturated rings. The third-order valence-electron chi connectivity index (χ3n) is 7.37. The van der Waals surface area contributed by atoms with Gasteiger partial charge in [0.25, 0.3) is 0 Å². The van der Waals surface area contributed by atoms with Crippen molar-refractivity contribution in [1.29, 1.82) is 0 Å². The van der Waals surface area contributed by atoms with Crippen molar-refractivity contribution < 1.29 is 14.2 Å². The average molecular weight is 556 g/mol. The summed E-state index contributed by atoms with van der Waals surface area (Å²) in [4.78, 5) is 7.59. The highest BCUT2D eigenvalue weighted by atomic mass is 16.5. The second kappa shape index (κ2) is 12.5. The second-order valence-electron chi connectivity index (χ2n) is 9.94. The Balaban J connectivity index is 1.54. The topological polar surface area (TPSA) is 55.3 Å². The first-order valence-corrected chi connectivity index (χ1v) is 14.0. The maximum atomic E-state index is 6.87. The first kappa shape index (κ1) is 27.0. The van der Waals surface area contributed by atoms with Crippen molar-refractivity contribution in [2.75, 3.05) is 31.0 Å². The van der Waals surface area contributed by atoms with Gasteiger partial charge in [-0.3, -0.25) is 4.90 Å². The molecule has 0 radical (unpaired) electrons. The zero-order valence-electron chi connectivity index (χ0n) is 23.7. The van der Waals surface area contributed by atoms with E-state index < -0.39 is 0 Å². The summed E-state index contributed by atoms with van der Waals surface area (Å²) in [5.41, 5.74) is 4.73. The molecule has 6 nitrogen and oxygen atoms in total. The van der Waals surface area contributed by atoms with E-state index in [0.717, 1.165) is 51.4 Å². The molecule has 0 aliphatic carbocycles. The van der Waals surface area contributed by atoms with Crippen molar-refractivity contribution in [3.8, 4) is 17.2 Å². The molecule has 5 aromatic carbocycles. The lowest BCUT2D eigenvalue weighted by atomic mass is 9.92. The molecule has 210 valence electrons. The number of hydrogen-bond donors (Lipinski definition) is 1. The van der Waals surface area contributed by atoms with Gasteiger partial charge >= 0.3 is 0 Å². The number of ether oxygens (including phenoxy) is 3. The van der Waals surface area contributed by atoms with Gasteiger partial charge in [-0.25, -0.2) is 4.99 Å². The van der Waals surface area contributed by atoms with E-state index >= 15 is 0 Å². The number of anilines is 3. The molecule has 1 N–H and O–H groups in total. The average Bonchev–Trinajstić information content (AvgIpc) is 3.22. The molecule has 1 aliphatic rings. The SMILES string of the molecule is COc1ccc(C2Oc3ccccc3N=C(N(c3ccccc3)c3ccccc3)C2CNc2ccccc2OC)cc1. The minimum Gasteiger partial charge on any atom is -0.497 e. The van der Waals surface area contributed by atoms with Crippen molar-refractivity contribution in [2.24, 2.45) is 10.9 Å². The summed E-state index contributed by atoms with van der Waals surface area (Å²) in [7, 11) is 3.36. The van der Waals surface area contributed by atoms with E-state index in [1.54, 1.807) is 14.2 Å². The highest BCUT2D eigenvalue weighted by Crippen LogP contribution is 2.42. The Kier molecular flexibility index (Phi) is 8.04. The lowest BCUT2D eigenvalue weighted by molar-refractivity contribution is 0.175. The molecule has 5 aromatic rings. The van der Waals surface area contributed by atoms with Crippen molar-refractivity contribution >= 4 is 28.6 Å². The summed E-state index contributed by atoms with van der Waals surface area (Å²) in [5.74, 6) is 2.94. The van der Waals surface area contributed by atoms with Crippen molar-refractivity contribution in [3.05, 3.63) is 139 Å². The largest absolute Gasteiger partial charge is 0.497 e. The molecule has 0 spiro atoms. The molecule has 0 saturated carbocycles. The van der Waals surface area contributed by atoms with E-state index in [9.17, 15) is 0 Å². The molecule has 2 unspecified atom stereocenters. The number of hydrogen-bond acceptors (Lipinski definition) is 6. The summed E-state index contributed by atoms with van der Waals surface area (Å²) < 4.78 is 18.0. The number of para-hydroxylation sites is 6. The van der Waals surface area contributed by atoms with Gasteiger partial charge in [-0.15, -0.1) is 0 Å². The summed E-state index contributed by atoms with van der Waals surface area (Å²) in [6.45, 7) is 0.528. The van der Waals surface area contributed by atoms with E-state index in [1.165, 1.54) is 0 Å². The Bertz CT molecular complexity index is 1600. The lowest BCUT2D eigenvalue weighted by Crippen LogP contribution is -2.40. The van der Waals surface area contributed by atoms with Crippen LogP contribution in [-0.4, -0.2) is 26.6 Å². The number of rotatable bonds is 8. The predicted octanol–water partition coefficient (Wildman–Crippen LogP) is 8.43. The van der Waals surface area contributed by atoms with E-state index in [2.05, 4.69) is 70.9 Å². The Morgan fingerprint density at radius 2 is 1.31 bits per heavy atom. The van der Waals surface area contributed by atoms with Crippen LogP contribution in [0.4, 0.5) is 22.7 Å². The maximum Gasteiger partial charge on any atom is 0.145 e. The molecular formula is C36H33N3O3. The number of nitrogens with one attached hydrogen (secondary N) is 1. The number of methoxy groups -OCH3 is 2. The molecule has 6 heteroatoms. The Morgan fingerprint density at radius 1 is 0.690 bits per heavy atom. The molecule has 2 atom stereocenters. The van der Waals surface area contributed by atoms with Crippen molar-refractivity contribution in [3.63, 3.8) is 0 Å². The number of nitrogens with zero attached hydrogens (tertiary/aromatic N) is 2. The van der Waals surface area contributed by atoms with Gasteiger partial charge in [-0.1, -0.05) is 72.8 Å². The fourth-order valence-electron chi connectivity index (χ4n) is 5.30. The minimum atomic E-state index is -0.365. The third-order valence-corrected chi connectivity index (χ3v) is 7.37. The van der Waals surface area contributed by atoms with Crippen LogP contribution in [0.25, 0.3) is 0 Å². The molecular weight excluding hydrogens is 522 g/mol. The van der Waals surface area contributed by atoms with Crippen LogP contribution in [0, 0.1) is 5.92 Å². The molecule has 0 aromatic heterocycles. The van der Waals surface area contributed by atoms with Gasteiger partial charge < -0.3 is 19.5 Å². The second-order valence-corrected chi connectivity index (χ2v) is 9.94. The summed E-state index contributed by atoms with van der Waals surface area (Å²) in [6, 6.07) is 44.7. The van der Waals surface area contributed by atoms with Crippen LogP contribution in [-0.2, 0) is 0 Å². The predicted molar refractivity (Wildman–Crippen MR) is 170 cm³/mol. The van der Waals surface area contributed by atoms with Crippen LogP contribution >= 0.6 is 0 Å². The third kappa shape index (κ3) is 5.65. The van der Waals surface area contributed by atoms with Crippen LogP contribution in [0.2, 0.25) is 0 Å². The van der Waals surface area contributed by atoms with Gasteiger partial charge in [0.05, 0.1) is 25.8 Å². The molecule has 0 amide bonds. The fraction of sp³-hybridized carbons (Fsp3) is 0.139. The van der Waals surface area contributed by atoms with Gasteiger partial charge in [0.15, 0.2) is 0 Å². The lowest BCUT2D eigenvalue weighted by Gasteiger charge is -2.34. The molecule has 0 bridgehead atoms. The highest BCUT2D eigenvalue weighted by Gasteiger charge is 2.37. The molecule has 0 saturated heterocycles. The smallest absolute Gasteiger partial charge is 0.145 e. The number of aliphatic imine (C=N–C) groups is 1. The van der Waals surface area contributed by atoms with Crippen molar-refractivity contribution in [1.82, 2.24) is 0 Å². The van der Waals surface area contributed by atoms with Crippen LogP contribution in [0.15, 0.2) is 138 Å². The minimum absolute atomic E-state index is 0.226. The van der Waals surface area contributed by atoms with E-state index in [0.29, 0.717) is 6.54 Å². The first-order valence-electron chi connectivity index (χ1n) is 14.0. The molecule has 1 aliphatic heterocycles. The fourth-order valence-corrected chi connectivity index (χ4v) is 5.30. The summed E-state index contributed by atoms with van der Waals surface area (Å²) >= 11 is 0.